The number of piperidine rings is 2. The number of hydrogen-bond acceptors (Lipinski definition) is 2. The van der Waals surface area contributed by atoms with Crippen LogP contribution in [0.15, 0.2) is 0 Å². The highest BCUT2D eigenvalue weighted by Crippen LogP contribution is 2.48. The van der Waals surface area contributed by atoms with Crippen molar-refractivity contribution in [2.75, 3.05) is 38.6 Å². The molecule has 0 aromatic rings. The second-order valence-electron chi connectivity index (χ2n) is 6.61. The highest BCUT2D eigenvalue weighted by Gasteiger charge is 2.44. The fraction of sp³-hybridized carbons (Fsp3) is 1.00. The van der Waals surface area contributed by atoms with Crippen molar-refractivity contribution < 1.29 is 0 Å². The summed E-state index contributed by atoms with van der Waals surface area (Å²) < 4.78 is 0. The van der Waals surface area contributed by atoms with Crippen LogP contribution in [-0.2, 0) is 0 Å². The summed E-state index contributed by atoms with van der Waals surface area (Å²) in [7, 11) is 2.33. The van der Waals surface area contributed by atoms with E-state index in [4.69, 9.17) is 0 Å². The second-order valence-corrected chi connectivity index (χ2v) is 7.17. The number of likely N-dealkylation sites (tertiary alicyclic amines) is 2. The summed E-state index contributed by atoms with van der Waals surface area (Å²) >= 11 is 3.70. The molecule has 0 spiro atoms. The van der Waals surface area contributed by atoms with E-state index in [1.165, 1.54) is 63.6 Å². The van der Waals surface area contributed by atoms with Gasteiger partial charge in [-0.2, -0.15) is 0 Å². The van der Waals surface area contributed by atoms with Crippen molar-refractivity contribution in [1.82, 2.24) is 9.80 Å². The highest BCUT2D eigenvalue weighted by atomic mass is 79.9. The first-order valence-corrected chi connectivity index (χ1v) is 8.33. The van der Waals surface area contributed by atoms with Crippen LogP contribution in [0.4, 0.5) is 0 Å². The third-order valence-corrected chi connectivity index (χ3v) is 6.42. The minimum Gasteiger partial charge on any atom is -0.303 e. The Labute approximate surface area is 114 Å². The van der Waals surface area contributed by atoms with Crippen LogP contribution in [0, 0.1) is 11.3 Å². The summed E-state index contributed by atoms with van der Waals surface area (Å²) in [6.07, 6.45) is 7.17. The second kappa shape index (κ2) is 4.82. The standard InChI is InChI=1S/C14H25BrN2/c1-16-7-2-3-12-9-17(8-4-13(12)16)11-14(10-15)5-6-14/h12-13H,2-11H2,1H3. The van der Waals surface area contributed by atoms with Crippen LogP contribution in [0.5, 0.6) is 0 Å². The highest BCUT2D eigenvalue weighted by molar-refractivity contribution is 9.09. The van der Waals surface area contributed by atoms with Crippen LogP contribution in [0.25, 0.3) is 0 Å². The number of hydrogen-bond donors (Lipinski definition) is 0. The molecule has 0 aromatic carbocycles. The van der Waals surface area contributed by atoms with Crippen molar-refractivity contribution in [2.45, 2.75) is 38.1 Å². The zero-order valence-corrected chi connectivity index (χ0v) is 12.6. The molecule has 0 aromatic heterocycles. The predicted octanol–water partition coefficient (Wildman–Crippen LogP) is 2.58. The van der Waals surface area contributed by atoms with Crippen LogP contribution in [0.1, 0.15) is 32.1 Å². The lowest BCUT2D eigenvalue weighted by Crippen LogP contribution is -2.53. The van der Waals surface area contributed by atoms with Crippen molar-refractivity contribution in [1.29, 1.82) is 0 Å². The Morgan fingerprint density at radius 2 is 2.06 bits per heavy atom. The van der Waals surface area contributed by atoms with Crippen LogP contribution in [-0.4, -0.2) is 54.4 Å². The van der Waals surface area contributed by atoms with E-state index in [0.717, 1.165) is 12.0 Å². The van der Waals surface area contributed by atoms with E-state index in [0.29, 0.717) is 5.41 Å². The van der Waals surface area contributed by atoms with Crippen LogP contribution in [0.3, 0.4) is 0 Å². The topological polar surface area (TPSA) is 6.48 Å². The molecule has 3 fully saturated rings. The summed E-state index contributed by atoms with van der Waals surface area (Å²) in [5.41, 5.74) is 0.660. The Kier molecular flexibility index (Phi) is 3.53. The Morgan fingerprint density at radius 3 is 2.76 bits per heavy atom. The number of fused-ring (bicyclic) bond motifs is 1. The van der Waals surface area contributed by atoms with Gasteiger partial charge in [0.25, 0.3) is 0 Å². The SMILES string of the molecule is CN1CCCC2CN(CC3(CBr)CC3)CCC21. The van der Waals surface area contributed by atoms with E-state index in [1.807, 2.05) is 0 Å². The lowest BCUT2D eigenvalue weighted by atomic mass is 9.84. The fourth-order valence-electron chi connectivity index (χ4n) is 3.86. The van der Waals surface area contributed by atoms with E-state index in [-0.39, 0.29) is 0 Å². The molecule has 1 saturated carbocycles. The van der Waals surface area contributed by atoms with E-state index in [1.54, 1.807) is 0 Å². The summed E-state index contributed by atoms with van der Waals surface area (Å²) in [5.74, 6) is 0.952. The Balaban J connectivity index is 1.56. The van der Waals surface area contributed by atoms with E-state index >= 15 is 0 Å². The van der Waals surface area contributed by atoms with Crippen LogP contribution >= 0.6 is 15.9 Å². The van der Waals surface area contributed by atoms with Gasteiger partial charge in [0.1, 0.15) is 0 Å². The van der Waals surface area contributed by atoms with E-state index in [2.05, 4.69) is 32.8 Å². The first kappa shape index (κ1) is 12.4. The molecule has 17 heavy (non-hydrogen) atoms. The Hall–Kier alpha value is 0.400. The molecule has 2 atom stereocenters. The van der Waals surface area contributed by atoms with Gasteiger partial charge in [-0.15, -0.1) is 0 Å². The molecule has 0 amide bonds. The maximum atomic E-state index is 3.70. The van der Waals surface area contributed by atoms with Crippen LogP contribution in [0.2, 0.25) is 0 Å². The summed E-state index contributed by atoms with van der Waals surface area (Å²) in [6.45, 7) is 5.38. The number of halogens is 1. The van der Waals surface area contributed by atoms with Gasteiger partial charge in [-0.1, -0.05) is 15.9 Å². The maximum Gasteiger partial charge on any atom is 0.0145 e. The largest absolute Gasteiger partial charge is 0.303 e. The number of rotatable bonds is 3. The lowest BCUT2D eigenvalue weighted by molar-refractivity contribution is 0.0320. The zero-order chi connectivity index (χ0) is 11.9. The monoisotopic (exact) mass is 300 g/mol. The summed E-state index contributed by atoms with van der Waals surface area (Å²) in [6, 6.07) is 0.888. The van der Waals surface area contributed by atoms with Gasteiger partial charge < -0.3 is 9.80 Å². The third-order valence-electron chi connectivity index (χ3n) is 5.23. The maximum absolute atomic E-state index is 3.70. The minimum atomic E-state index is 0.660. The normalized spacial score (nSPS) is 37.8. The molecule has 98 valence electrons. The molecule has 2 aliphatic heterocycles. The molecule has 0 radical (unpaired) electrons. The smallest absolute Gasteiger partial charge is 0.0145 e. The van der Waals surface area contributed by atoms with Crippen molar-refractivity contribution in [3.8, 4) is 0 Å². The average molecular weight is 301 g/mol. The quantitative estimate of drug-likeness (QED) is 0.739. The fourth-order valence-corrected chi connectivity index (χ4v) is 4.59. The molecule has 2 unspecified atom stereocenters. The summed E-state index contributed by atoms with van der Waals surface area (Å²) in [4.78, 5) is 5.37. The van der Waals surface area contributed by atoms with Crippen molar-refractivity contribution in [2.24, 2.45) is 11.3 Å². The van der Waals surface area contributed by atoms with Gasteiger partial charge in [-0.25, -0.2) is 0 Å². The molecule has 3 aliphatic rings. The van der Waals surface area contributed by atoms with Crippen molar-refractivity contribution in [3.63, 3.8) is 0 Å². The van der Waals surface area contributed by atoms with E-state index < -0.39 is 0 Å². The molecule has 0 bridgehead atoms. The van der Waals surface area contributed by atoms with Gasteiger partial charge in [0.15, 0.2) is 0 Å². The van der Waals surface area contributed by atoms with Crippen molar-refractivity contribution in [3.05, 3.63) is 0 Å². The first-order chi connectivity index (χ1) is 8.22. The van der Waals surface area contributed by atoms with Gasteiger partial charge in [-0.3, -0.25) is 0 Å². The molecule has 3 rings (SSSR count). The Bertz CT molecular complexity index is 277. The third kappa shape index (κ3) is 2.57. The molecule has 1 aliphatic carbocycles. The van der Waals surface area contributed by atoms with E-state index in [9.17, 15) is 0 Å². The molecular weight excluding hydrogens is 276 g/mol. The Morgan fingerprint density at radius 1 is 1.24 bits per heavy atom. The lowest BCUT2D eigenvalue weighted by Gasteiger charge is -2.46. The summed E-state index contributed by atoms with van der Waals surface area (Å²) in [5, 5.41) is 1.21. The molecule has 3 heteroatoms. The average Bonchev–Trinajstić information content (AvgIpc) is 3.10. The number of alkyl halides is 1. The molecular formula is C14H25BrN2. The molecule has 2 saturated heterocycles. The number of nitrogens with zero attached hydrogens (tertiary/aromatic N) is 2. The predicted molar refractivity (Wildman–Crippen MR) is 75.7 cm³/mol. The van der Waals surface area contributed by atoms with Crippen LogP contribution < -0.4 is 0 Å². The minimum absolute atomic E-state index is 0.660. The zero-order valence-electron chi connectivity index (χ0n) is 11.0. The van der Waals surface area contributed by atoms with Gasteiger partial charge in [0.2, 0.25) is 0 Å². The van der Waals surface area contributed by atoms with Gasteiger partial charge in [0.05, 0.1) is 0 Å². The molecule has 2 heterocycles. The first-order valence-electron chi connectivity index (χ1n) is 7.21. The van der Waals surface area contributed by atoms with Gasteiger partial charge in [0, 0.05) is 24.5 Å². The van der Waals surface area contributed by atoms with Gasteiger partial charge >= 0.3 is 0 Å². The molecule has 2 nitrogen and oxygen atoms in total. The van der Waals surface area contributed by atoms with Crippen molar-refractivity contribution >= 4 is 15.9 Å². The molecule has 0 N–H and O–H groups in total. The van der Waals surface area contributed by atoms with Gasteiger partial charge in [-0.05, 0) is 63.6 Å².